The van der Waals surface area contributed by atoms with Crippen LogP contribution in [0.1, 0.15) is 5.76 Å². The van der Waals surface area contributed by atoms with Crippen molar-refractivity contribution in [3.8, 4) is 0 Å². The predicted molar refractivity (Wildman–Crippen MR) is 56.3 cm³/mol. The van der Waals surface area contributed by atoms with E-state index in [1.807, 2.05) is 0 Å². The lowest BCUT2D eigenvalue weighted by Crippen LogP contribution is -2.07. The molecule has 1 N–H and O–H groups in total. The number of furan rings is 1. The molecule has 2 aromatic heterocycles. The van der Waals surface area contributed by atoms with Crippen LogP contribution >= 0.6 is 11.3 Å². The van der Waals surface area contributed by atoms with Gasteiger partial charge in [-0.1, -0.05) is 11.3 Å². The molecule has 0 aliphatic heterocycles. The van der Waals surface area contributed by atoms with Crippen molar-refractivity contribution < 1.29 is 9.21 Å². The summed E-state index contributed by atoms with van der Waals surface area (Å²) in [5.74, 6) is 0.366. The van der Waals surface area contributed by atoms with Crippen LogP contribution in [0.4, 0.5) is 5.13 Å². The number of anilines is 1. The molecule has 15 heavy (non-hydrogen) atoms. The van der Waals surface area contributed by atoms with Crippen molar-refractivity contribution in [1.82, 2.24) is 10.2 Å². The Morgan fingerprint density at radius 2 is 2.53 bits per heavy atom. The largest absolute Gasteiger partial charge is 0.465 e. The van der Waals surface area contributed by atoms with Crippen LogP contribution in [0.2, 0.25) is 0 Å². The summed E-state index contributed by atoms with van der Waals surface area (Å²) in [4.78, 5) is 11.3. The first kappa shape index (κ1) is 9.60. The smallest absolute Gasteiger partial charge is 0.250 e. The quantitative estimate of drug-likeness (QED) is 0.802. The van der Waals surface area contributed by atoms with Gasteiger partial charge in [0, 0.05) is 6.08 Å². The zero-order valence-electron chi connectivity index (χ0n) is 7.58. The lowest BCUT2D eigenvalue weighted by atomic mass is 10.4. The Labute approximate surface area is 89.4 Å². The van der Waals surface area contributed by atoms with Gasteiger partial charge in [-0.2, -0.15) is 0 Å². The molecule has 0 atom stereocenters. The molecule has 2 heterocycles. The molecule has 0 fully saturated rings. The topological polar surface area (TPSA) is 68.0 Å². The molecule has 0 saturated carbocycles. The summed E-state index contributed by atoms with van der Waals surface area (Å²) in [7, 11) is 0. The van der Waals surface area contributed by atoms with Gasteiger partial charge in [-0.05, 0) is 18.2 Å². The van der Waals surface area contributed by atoms with E-state index >= 15 is 0 Å². The van der Waals surface area contributed by atoms with Crippen molar-refractivity contribution in [1.29, 1.82) is 0 Å². The minimum atomic E-state index is -0.261. The number of amides is 1. The predicted octanol–water partition coefficient (Wildman–Crippen LogP) is 1.78. The van der Waals surface area contributed by atoms with Gasteiger partial charge in [-0.3, -0.25) is 10.1 Å². The monoisotopic (exact) mass is 221 g/mol. The molecule has 2 rings (SSSR count). The highest BCUT2D eigenvalue weighted by molar-refractivity contribution is 7.13. The van der Waals surface area contributed by atoms with Crippen molar-refractivity contribution in [2.75, 3.05) is 5.32 Å². The molecular formula is C9H7N3O2S. The van der Waals surface area contributed by atoms with Gasteiger partial charge >= 0.3 is 0 Å². The van der Waals surface area contributed by atoms with Crippen molar-refractivity contribution in [3.05, 3.63) is 35.7 Å². The van der Waals surface area contributed by atoms with Crippen molar-refractivity contribution >= 4 is 28.5 Å². The average molecular weight is 221 g/mol. The van der Waals surface area contributed by atoms with E-state index in [2.05, 4.69) is 15.5 Å². The Bertz CT molecular complexity index is 448. The molecule has 0 aliphatic rings. The molecule has 0 bridgehead atoms. The van der Waals surface area contributed by atoms with Crippen LogP contribution in [-0.4, -0.2) is 16.1 Å². The van der Waals surface area contributed by atoms with Crippen LogP contribution in [-0.2, 0) is 4.79 Å². The van der Waals surface area contributed by atoms with Gasteiger partial charge in [0.25, 0.3) is 0 Å². The van der Waals surface area contributed by atoms with Crippen LogP contribution in [0.25, 0.3) is 6.08 Å². The fourth-order valence-corrected chi connectivity index (χ4v) is 1.37. The number of hydrogen-bond acceptors (Lipinski definition) is 5. The lowest BCUT2D eigenvalue weighted by Gasteiger charge is -1.92. The third kappa shape index (κ3) is 2.75. The second-order valence-corrected chi connectivity index (χ2v) is 3.42. The van der Waals surface area contributed by atoms with Crippen LogP contribution in [0.5, 0.6) is 0 Å². The number of carbonyl (C=O) groups is 1. The van der Waals surface area contributed by atoms with E-state index in [1.54, 1.807) is 30.0 Å². The van der Waals surface area contributed by atoms with Crippen molar-refractivity contribution in [3.63, 3.8) is 0 Å². The Morgan fingerprint density at radius 1 is 1.60 bits per heavy atom. The van der Waals surface area contributed by atoms with Crippen molar-refractivity contribution in [2.24, 2.45) is 0 Å². The van der Waals surface area contributed by atoms with E-state index in [0.29, 0.717) is 10.9 Å². The Hall–Kier alpha value is -1.95. The first-order valence-electron chi connectivity index (χ1n) is 4.13. The molecule has 0 aromatic carbocycles. The van der Waals surface area contributed by atoms with Gasteiger partial charge in [0.15, 0.2) is 0 Å². The van der Waals surface area contributed by atoms with E-state index in [0.717, 1.165) is 0 Å². The van der Waals surface area contributed by atoms with Gasteiger partial charge in [0.05, 0.1) is 6.26 Å². The maximum absolute atomic E-state index is 11.3. The van der Waals surface area contributed by atoms with E-state index < -0.39 is 0 Å². The van der Waals surface area contributed by atoms with Gasteiger partial charge in [-0.25, -0.2) is 0 Å². The van der Waals surface area contributed by atoms with Crippen LogP contribution < -0.4 is 5.32 Å². The normalized spacial score (nSPS) is 10.7. The highest BCUT2D eigenvalue weighted by Crippen LogP contribution is 2.08. The van der Waals surface area contributed by atoms with E-state index in [1.165, 1.54) is 17.4 Å². The molecule has 0 saturated heterocycles. The maximum Gasteiger partial charge on any atom is 0.250 e. The molecule has 0 radical (unpaired) electrons. The number of nitrogens with one attached hydrogen (secondary N) is 1. The second kappa shape index (κ2) is 4.52. The van der Waals surface area contributed by atoms with Crippen molar-refractivity contribution in [2.45, 2.75) is 0 Å². The average Bonchev–Trinajstić information content (AvgIpc) is 2.86. The molecule has 0 spiro atoms. The molecule has 0 unspecified atom stereocenters. The Kier molecular flexibility index (Phi) is 2.89. The molecule has 5 nitrogen and oxygen atoms in total. The zero-order valence-corrected chi connectivity index (χ0v) is 8.40. The molecule has 76 valence electrons. The first-order chi connectivity index (χ1) is 7.34. The molecule has 6 heteroatoms. The SMILES string of the molecule is O=C(/C=C/c1ccco1)Nc1nncs1. The van der Waals surface area contributed by atoms with Crippen LogP contribution in [0.3, 0.4) is 0 Å². The fraction of sp³-hybridized carbons (Fsp3) is 0. The Morgan fingerprint density at radius 3 is 3.20 bits per heavy atom. The van der Waals surface area contributed by atoms with E-state index in [-0.39, 0.29) is 5.91 Å². The molecule has 0 aliphatic carbocycles. The summed E-state index contributed by atoms with van der Waals surface area (Å²) in [6.07, 6.45) is 4.50. The second-order valence-electron chi connectivity index (χ2n) is 2.58. The number of nitrogens with zero attached hydrogens (tertiary/aromatic N) is 2. The van der Waals surface area contributed by atoms with E-state index in [9.17, 15) is 4.79 Å². The maximum atomic E-state index is 11.3. The summed E-state index contributed by atoms with van der Waals surface area (Å²) in [5.41, 5.74) is 1.55. The number of rotatable bonds is 3. The van der Waals surface area contributed by atoms with Gasteiger partial charge in [0.1, 0.15) is 11.3 Å². The standard InChI is InChI=1S/C9H7N3O2S/c13-8(11-9-12-10-6-15-9)4-3-7-2-1-5-14-7/h1-6H,(H,11,12,13)/b4-3+. The summed E-state index contributed by atoms with van der Waals surface area (Å²) >= 11 is 1.26. The minimum absolute atomic E-state index is 0.261. The van der Waals surface area contributed by atoms with E-state index in [4.69, 9.17) is 4.42 Å². The molecule has 2 aromatic rings. The number of hydrogen-bond donors (Lipinski definition) is 1. The van der Waals surface area contributed by atoms with Gasteiger partial charge < -0.3 is 4.42 Å². The van der Waals surface area contributed by atoms with Gasteiger partial charge in [0.2, 0.25) is 11.0 Å². The molecule has 1 amide bonds. The molecular weight excluding hydrogens is 214 g/mol. The summed E-state index contributed by atoms with van der Waals surface area (Å²) < 4.78 is 5.03. The minimum Gasteiger partial charge on any atom is -0.465 e. The summed E-state index contributed by atoms with van der Waals surface area (Å²) in [6, 6.07) is 3.51. The first-order valence-corrected chi connectivity index (χ1v) is 5.01. The summed E-state index contributed by atoms with van der Waals surface area (Å²) in [6.45, 7) is 0. The fourth-order valence-electron chi connectivity index (χ4n) is 0.919. The number of carbonyl (C=O) groups excluding carboxylic acids is 1. The zero-order chi connectivity index (χ0) is 10.5. The highest BCUT2D eigenvalue weighted by atomic mass is 32.1. The Balaban J connectivity index is 1.93. The lowest BCUT2D eigenvalue weighted by molar-refractivity contribution is -0.111. The third-order valence-corrected chi connectivity index (χ3v) is 2.14. The van der Waals surface area contributed by atoms with Gasteiger partial charge in [-0.15, -0.1) is 10.2 Å². The summed E-state index contributed by atoms with van der Waals surface area (Å²) in [5, 5.41) is 10.3. The van der Waals surface area contributed by atoms with Crippen LogP contribution in [0, 0.1) is 0 Å². The highest BCUT2D eigenvalue weighted by Gasteiger charge is 2.00. The number of aromatic nitrogens is 2. The van der Waals surface area contributed by atoms with Crippen LogP contribution in [0.15, 0.2) is 34.4 Å². The third-order valence-electron chi connectivity index (χ3n) is 1.53.